The highest BCUT2D eigenvalue weighted by atomic mass is 16.5. The smallest absolute Gasteiger partial charge is 0.222 e. The summed E-state index contributed by atoms with van der Waals surface area (Å²) in [4.78, 5) is 24.1. The molecular weight excluding hydrogens is 388 g/mol. The molecule has 6 heteroatoms. The Labute approximate surface area is 184 Å². The number of benzene rings is 1. The van der Waals surface area contributed by atoms with Crippen molar-refractivity contribution in [1.29, 1.82) is 0 Å². The van der Waals surface area contributed by atoms with Crippen LogP contribution in [-0.2, 0) is 16.8 Å². The zero-order valence-electron chi connectivity index (χ0n) is 18.8. The molecule has 1 aromatic carbocycles. The van der Waals surface area contributed by atoms with Crippen LogP contribution >= 0.6 is 0 Å². The highest BCUT2D eigenvalue weighted by molar-refractivity contribution is 5.72. The minimum Gasteiger partial charge on any atom is -0.497 e. The Morgan fingerprint density at radius 2 is 1.90 bits per heavy atom. The highest BCUT2D eigenvalue weighted by Gasteiger charge is 2.46. The number of allylic oxidation sites excluding steroid dienone is 1. The van der Waals surface area contributed by atoms with Crippen molar-refractivity contribution in [2.24, 2.45) is 5.92 Å². The van der Waals surface area contributed by atoms with Crippen LogP contribution in [0, 0.1) is 5.92 Å². The lowest BCUT2D eigenvalue weighted by Crippen LogP contribution is -2.45. The first-order valence-electron chi connectivity index (χ1n) is 11.4. The summed E-state index contributed by atoms with van der Waals surface area (Å²) in [7, 11) is 1.66. The third-order valence-electron chi connectivity index (χ3n) is 6.45. The molecule has 31 heavy (non-hydrogen) atoms. The van der Waals surface area contributed by atoms with Gasteiger partial charge in [-0.3, -0.25) is 0 Å². The Morgan fingerprint density at radius 1 is 1.19 bits per heavy atom. The van der Waals surface area contributed by atoms with Gasteiger partial charge in [0.25, 0.3) is 0 Å². The second-order valence-corrected chi connectivity index (χ2v) is 8.71. The van der Waals surface area contributed by atoms with E-state index in [0.29, 0.717) is 18.2 Å². The fourth-order valence-electron chi connectivity index (χ4n) is 4.79. The number of anilines is 2. The molecule has 0 bridgehead atoms. The highest BCUT2D eigenvalue weighted by Crippen LogP contribution is 2.47. The van der Waals surface area contributed by atoms with Crippen LogP contribution in [-0.4, -0.2) is 29.6 Å². The number of methoxy groups -OCH3 is 1. The van der Waals surface area contributed by atoms with E-state index >= 15 is 0 Å². The third kappa shape index (κ3) is 4.17. The molecule has 0 saturated heterocycles. The van der Waals surface area contributed by atoms with Gasteiger partial charge in [0.05, 0.1) is 24.8 Å². The van der Waals surface area contributed by atoms with Crippen LogP contribution < -0.4 is 15.0 Å². The summed E-state index contributed by atoms with van der Waals surface area (Å²) in [6.07, 6.45) is 8.11. The van der Waals surface area contributed by atoms with E-state index in [2.05, 4.69) is 35.0 Å². The first kappa shape index (κ1) is 21.4. The molecule has 1 saturated carbocycles. The van der Waals surface area contributed by atoms with E-state index < -0.39 is 5.41 Å². The summed E-state index contributed by atoms with van der Waals surface area (Å²) in [5, 5.41) is 3.41. The van der Waals surface area contributed by atoms with E-state index in [1.165, 1.54) is 12.8 Å². The first-order valence-corrected chi connectivity index (χ1v) is 11.4. The molecule has 1 N–H and O–H groups in total. The van der Waals surface area contributed by atoms with Crippen molar-refractivity contribution in [3.8, 4) is 5.75 Å². The second kappa shape index (κ2) is 9.11. The van der Waals surface area contributed by atoms with Crippen LogP contribution in [0.25, 0.3) is 0 Å². The van der Waals surface area contributed by atoms with Gasteiger partial charge in [0.15, 0.2) is 0 Å². The van der Waals surface area contributed by atoms with Gasteiger partial charge in [0.2, 0.25) is 5.95 Å². The molecule has 0 amide bonds. The van der Waals surface area contributed by atoms with Crippen LogP contribution in [0.1, 0.15) is 63.6 Å². The van der Waals surface area contributed by atoms with Crippen LogP contribution in [0.3, 0.4) is 0 Å². The largest absolute Gasteiger partial charge is 0.497 e. The molecule has 0 radical (unpaired) electrons. The van der Waals surface area contributed by atoms with E-state index in [9.17, 15) is 4.79 Å². The van der Waals surface area contributed by atoms with Gasteiger partial charge in [-0.25, -0.2) is 14.8 Å². The van der Waals surface area contributed by atoms with Gasteiger partial charge in [-0.1, -0.05) is 26.7 Å². The molecule has 2 aliphatic rings. The quantitative estimate of drug-likeness (QED) is 0.583. The number of nitrogens with zero attached hydrogens (tertiary/aromatic N) is 3. The number of hydrogen-bond donors (Lipinski definition) is 1. The Bertz CT molecular complexity index is 956. The van der Waals surface area contributed by atoms with E-state index in [1.54, 1.807) is 7.11 Å². The Morgan fingerprint density at radius 3 is 2.48 bits per heavy atom. The minimum atomic E-state index is -0.461. The number of hydrogen-bond acceptors (Lipinski definition) is 6. The molecule has 2 aromatic rings. The fourth-order valence-corrected chi connectivity index (χ4v) is 4.79. The second-order valence-electron chi connectivity index (χ2n) is 8.71. The lowest BCUT2D eigenvalue weighted by molar-refractivity contribution is 0.378. The zero-order chi connectivity index (χ0) is 21.8. The van der Waals surface area contributed by atoms with Crippen LogP contribution in [0.4, 0.5) is 11.6 Å². The van der Waals surface area contributed by atoms with Crippen molar-refractivity contribution >= 4 is 17.6 Å². The molecule has 0 unspecified atom stereocenters. The number of rotatable bonds is 9. The van der Waals surface area contributed by atoms with Crippen LogP contribution in [0.2, 0.25) is 0 Å². The maximum atomic E-state index is 12.5. The number of fused-ring (bicyclic) bond motifs is 1. The summed E-state index contributed by atoms with van der Waals surface area (Å²) in [6.45, 7) is 5.81. The summed E-state index contributed by atoms with van der Waals surface area (Å²) < 4.78 is 5.31. The predicted octanol–water partition coefficient (Wildman–Crippen LogP) is 4.88. The molecule has 0 spiro atoms. The minimum absolute atomic E-state index is 0.461. The monoisotopic (exact) mass is 420 g/mol. The molecule has 6 nitrogen and oxygen atoms in total. The molecule has 164 valence electrons. The fraction of sp³-hybridized carbons (Fsp3) is 0.520. The molecule has 1 aromatic heterocycles. The van der Waals surface area contributed by atoms with E-state index in [1.807, 2.05) is 30.5 Å². The van der Waals surface area contributed by atoms with Crippen LogP contribution in [0.15, 0.2) is 36.2 Å². The average Bonchev–Trinajstić information content (AvgIpc) is 3.63. The maximum Gasteiger partial charge on any atom is 0.222 e. The number of aromatic nitrogens is 2. The van der Waals surface area contributed by atoms with Gasteiger partial charge in [-0.15, -0.1) is 0 Å². The van der Waals surface area contributed by atoms with Gasteiger partial charge in [0, 0.05) is 24.0 Å². The van der Waals surface area contributed by atoms with Gasteiger partial charge in [0.1, 0.15) is 17.4 Å². The first-order chi connectivity index (χ1) is 15.1. The number of nitrogens with one attached hydrogen (secondary N) is 1. The van der Waals surface area contributed by atoms with Gasteiger partial charge >= 0.3 is 0 Å². The van der Waals surface area contributed by atoms with E-state index in [4.69, 9.17) is 9.72 Å². The molecule has 0 atom stereocenters. The number of carbonyl (C=O) groups excluding carboxylic acids is 1. The van der Waals surface area contributed by atoms with Gasteiger partial charge in [-0.05, 0) is 55.9 Å². The molecule has 1 aliphatic heterocycles. The molecule has 1 fully saturated rings. The van der Waals surface area contributed by atoms with Gasteiger partial charge < -0.3 is 15.0 Å². The molecule has 1 aliphatic carbocycles. The van der Waals surface area contributed by atoms with Crippen molar-refractivity contribution in [3.63, 3.8) is 0 Å². The summed E-state index contributed by atoms with van der Waals surface area (Å²) in [5.41, 5.74) is 3.25. The van der Waals surface area contributed by atoms with Crippen molar-refractivity contribution in [2.45, 2.75) is 64.3 Å². The number of ether oxygens (including phenoxy) is 1. The third-order valence-corrected chi connectivity index (χ3v) is 6.45. The Balaban J connectivity index is 1.79. The lowest BCUT2D eigenvalue weighted by Gasteiger charge is -2.44. The molecule has 2 heterocycles. The van der Waals surface area contributed by atoms with Crippen LogP contribution in [0.5, 0.6) is 5.75 Å². The summed E-state index contributed by atoms with van der Waals surface area (Å²) >= 11 is 0. The standard InChI is InChI=1S/C25H32N4O2/c1-4-12-25(13-5-2)22(17-30)29(20-8-10-21(31-3)11-9-20)16-19-15-27-24(28-23(19)25)26-14-18-6-7-18/h8-11,15,18H,4-7,12-14,16H2,1-3H3,(H,26,27,28). The lowest BCUT2D eigenvalue weighted by atomic mass is 9.69. The Hall–Kier alpha value is -2.85. The SMILES string of the molecule is CCCC1(CCC)C(=C=O)N(c2ccc(OC)cc2)Cc2cnc(NCC3CC3)nc21. The van der Waals surface area contributed by atoms with E-state index in [-0.39, 0.29) is 0 Å². The van der Waals surface area contributed by atoms with Crippen molar-refractivity contribution < 1.29 is 9.53 Å². The van der Waals surface area contributed by atoms with Crippen molar-refractivity contribution in [1.82, 2.24) is 9.97 Å². The summed E-state index contributed by atoms with van der Waals surface area (Å²) in [6, 6.07) is 7.85. The normalized spacial score (nSPS) is 17.1. The average molecular weight is 421 g/mol. The maximum absolute atomic E-state index is 12.5. The van der Waals surface area contributed by atoms with Crippen molar-refractivity contribution in [3.05, 3.63) is 47.4 Å². The summed E-state index contributed by atoms with van der Waals surface area (Å²) in [5.74, 6) is 4.55. The van der Waals surface area contributed by atoms with Crippen molar-refractivity contribution in [2.75, 3.05) is 23.9 Å². The van der Waals surface area contributed by atoms with E-state index in [0.717, 1.165) is 60.8 Å². The zero-order valence-corrected chi connectivity index (χ0v) is 18.8. The topological polar surface area (TPSA) is 67.4 Å². The van der Waals surface area contributed by atoms with Gasteiger partial charge in [-0.2, -0.15) is 0 Å². The Kier molecular flexibility index (Phi) is 6.28. The predicted molar refractivity (Wildman–Crippen MR) is 123 cm³/mol. The molecular formula is C25H32N4O2. The molecule has 4 rings (SSSR count).